The molecule has 0 spiro atoms. The molecule has 0 aromatic carbocycles. The molecule has 0 fully saturated rings. The van der Waals surface area contributed by atoms with Gasteiger partial charge in [-0.1, -0.05) is 0 Å². The number of hydrogen-bond donors (Lipinski definition) is 7. The van der Waals surface area contributed by atoms with Crippen LogP contribution in [-0.2, 0) is 9.59 Å². The monoisotopic (exact) mass is 408 g/mol. The highest BCUT2D eigenvalue weighted by Crippen LogP contribution is 2.02. The molecule has 0 aromatic heterocycles. The molecule has 27 heavy (non-hydrogen) atoms. The Balaban J connectivity index is 4.89. The zero-order valence-corrected chi connectivity index (χ0v) is 16.9. The summed E-state index contributed by atoms with van der Waals surface area (Å²) in [6, 6.07) is -2.25. The zero-order valence-electron chi connectivity index (χ0n) is 16.1. The van der Waals surface area contributed by atoms with Gasteiger partial charge >= 0.3 is 5.97 Å². The summed E-state index contributed by atoms with van der Waals surface area (Å²) in [5.74, 6) is -1.82. The molecule has 12 heteroatoms. The predicted molar refractivity (Wildman–Crippen MR) is 104 cm³/mol. The average molecular weight is 409 g/mol. The lowest BCUT2D eigenvalue weighted by molar-refractivity contribution is -0.141. The van der Waals surface area contributed by atoms with Crippen LogP contribution in [0.2, 0.25) is 0 Å². The Morgan fingerprint density at radius 1 is 1.07 bits per heavy atom. The van der Waals surface area contributed by atoms with Crippen LogP contribution in [0.3, 0.4) is 0 Å². The van der Waals surface area contributed by atoms with Crippen molar-refractivity contribution in [2.75, 3.05) is 27.2 Å². The summed E-state index contributed by atoms with van der Waals surface area (Å²) in [7, 11) is 3.53. The van der Waals surface area contributed by atoms with Crippen LogP contribution in [0.25, 0.3) is 0 Å². The third-order valence-electron chi connectivity index (χ3n) is 3.98. The van der Waals surface area contributed by atoms with E-state index in [1.54, 1.807) is 31.0 Å². The van der Waals surface area contributed by atoms with E-state index in [-0.39, 0.29) is 11.5 Å². The number of carbonyl (C=O) groups excluding carboxylic acids is 1. The Kier molecular flexibility index (Phi) is 11.3. The number of rotatable bonds is 12. The lowest BCUT2D eigenvalue weighted by atomic mass is 10.2. The summed E-state index contributed by atoms with van der Waals surface area (Å²) >= 11 is 5.09. The first kappa shape index (κ1) is 25.4. The molecular formula is C15H32N6O5S. The number of aliphatic carboxylic acids is 1. The molecule has 5 atom stereocenters. The molecule has 0 aliphatic carbocycles. The van der Waals surface area contributed by atoms with Gasteiger partial charge in [0.2, 0.25) is 5.91 Å². The van der Waals surface area contributed by atoms with Gasteiger partial charge in [-0.3, -0.25) is 4.79 Å². The molecule has 9 N–H and O–H groups in total. The molecular weight excluding hydrogens is 376 g/mol. The number of nitrogens with two attached hydrogens (primary N) is 2. The smallest absolute Gasteiger partial charge is 0.328 e. The first-order chi connectivity index (χ1) is 12.3. The minimum atomic E-state index is -1.29. The molecule has 0 radical (unpaired) electrons. The average Bonchev–Trinajstić information content (AvgIpc) is 2.50. The van der Waals surface area contributed by atoms with Crippen LogP contribution in [0.4, 0.5) is 0 Å². The Labute approximate surface area is 164 Å². The largest absolute Gasteiger partial charge is 0.480 e. The van der Waals surface area contributed by atoms with Crippen molar-refractivity contribution in [3.63, 3.8) is 0 Å². The van der Waals surface area contributed by atoms with E-state index in [1.165, 1.54) is 6.92 Å². The van der Waals surface area contributed by atoms with Crippen molar-refractivity contribution in [1.82, 2.24) is 20.7 Å². The predicted octanol–water partition coefficient (Wildman–Crippen LogP) is -2.98. The molecule has 1 amide bonds. The normalized spacial score (nSPS) is 17.1. The van der Waals surface area contributed by atoms with Gasteiger partial charge in [0.15, 0.2) is 11.2 Å². The molecule has 2 unspecified atom stereocenters. The van der Waals surface area contributed by atoms with E-state index in [0.29, 0.717) is 13.1 Å². The lowest BCUT2D eigenvalue weighted by Gasteiger charge is -2.34. The van der Waals surface area contributed by atoms with Crippen molar-refractivity contribution in [3.05, 3.63) is 0 Å². The van der Waals surface area contributed by atoms with Crippen LogP contribution >= 0.6 is 12.2 Å². The van der Waals surface area contributed by atoms with E-state index >= 15 is 0 Å². The molecule has 0 saturated heterocycles. The van der Waals surface area contributed by atoms with E-state index in [0.717, 1.165) is 0 Å². The molecule has 0 aliphatic rings. The van der Waals surface area contributed by atoms with Crippen LogP contribution < -0.4 is 22.1 Å². The maximum Gasteiger partial charge on any atom is 0.328 e. The molecule has 0 heterocycles. The van der Waals surface area contributed by atoms with Crippen molar-refractivity contribution in [3.8, 4) is 0 Å². The summed E-state index contributed by atoms with van der Waals surface area (Å²) in [6.45, 7) is 3.61. The number of carbonyl (C=O) groups is 2. The van der Waals surface area contributed by atoms with Crippen molar-refractivity contribution in [2.45, 2.75) is 50.6 Å². The van der Waals surface area contributed by atoms with E-state index in [2.05, 4.69) is 10.6 Å². The quantitative estimate of drug-likeness (QED) is 0.129. The van der Waals surface area contributed by atoms with Gasteiger partial charge in [-0.25, -0.2) is 14.8 Å². The maximum absolute atomic E-state index is 11.3. The topological polar surface area (TPSA) is 177 Å². The molecule has 0 aromatic rings. The Morgan fingerprint density at radius 2 is 1.59 bits per heavy atom. The SMILES string of the molecule is CC(O)[C@H](N)CN(C)N(C)C[C@H](CC(N)=O)NC(=S)N[C@H](C(=O)O)C(C)O. The van der Waals surface area contributed by atoms with Gasteiger partial charge in [0, 0.05) is 39.6 Å². The fourth-order valence-corrected chi connectivity index (χ4v) is 2.51. The number of primary amides is 1. The third-order valence-corrected chi connectivity index (χ3v) is 4.22. The molecule has 0 aliphatic heterocycles. The number of nitrogens with one attached hydrogen (secondary N) is 2. The summed E-state index contributed by atoms with van der Waals surface area (Å²) < 4.78 is 0. The Hall–Kier alpha value is -1.57. The molecule has 158 valence electrons. The number of hydrogen-bond acceptors (Lipinski definition) is 8. The van der Waals surface area contributed by atoms with Gasteiger partial charge in [0.1, 0.15) is 0 Å². The standard InChI is InChI=1S/C15H32N6O5S/c1-8(22)11(16)7-21(4)20(3)6-10(5-12(17)24)18-15(27)19-13(9(2)23)14(25)26/h8-11,13,22-23H,5-7,16H2,1-4H3,(H2,17,24)(H,25,26)(H2,18,19,27)/t8?,9?,10-,11+,13-/m0/s1. The van der Waals surface area contributed by atoms with Gasteiger partial charge in [-0.05, 0) is 26.1 Å². The minimum Gasteiger partial charge on any atom is -0.480 e. The Bertz CT molecular complexity index is 507. The fraction of sp³-hybridized carbons (Fsp3) is 0.800. The minimum absolute atomic E-state index is 0.0220. The zero-order chi connectivity index (χ0) is 21.3. The van der Waals surface area contributed by atoms with Gasteiger partial charge in [0.25, 0.3) is 0 Å². The highest BCUT2D eigenvalue weighted by atomic mass is 32.1. The molecule has 0 bridgehead atoms. The number of aliphatic hydroxyl groups is 2. The number of carboxylic acid groups (broad SMARTS) is 1. The van der Waals surface area contributed by atoms with Crippen LogP contribution in [0.15, 0.2) is 0 Å². The lowest BCUT2D eigenvalue weighted by Crippen LogP contribution is -2.56. The van der Waals surface area contributed by atoms with Gasteiger partial charge in [-0.15, -0.1) is 0 Å². The van der Waals surface area contributed by atoms with Crippen molar-refractivity contribution >= 4 is 29.2 Å². The maximum atomic E-state index is 11.3. The van der Waals surface area contributed by atoms with Crippen LogP contribution in [0.1, 0.15) is 20.3 Å². The summed E-state index contributed by atoms with van der Waals surface area (Å²) in [5.41, 5.74) is 11.1. The highest BCUT2D eigenvalue weighted by molar-refractivity contribution is 7.80. The number of aliphatic hydroxyl groups excluding tert-OH is 2. The number of amides is 1. The first-order valence-corrected chi connectivity index (χ1v) is 8.88. The van der Waals surface area contributed by atoms with Crippen LogP contribution in [0.5, 0.6) is 0 Å². The number of hydrazine groups is 1. The highest BCUT2D eigenvalue weighted by Gasteiger charge is 2.25. The van der Waals surface area contributed by atoms with E-state index in [1.807, 2.05) is 0 Å². The number of likely N-dealkylation sites (N-methyl/N-ethyl adjacent to an activating group) is 2. The summed E-state index contributed by atoms with van der Waals surface area (Å²) in [5, 5.41) is 37.0. The van der Waals surface area contributed by atoms with E-state index < -0.39 is 42.2 Å². The van der Waals surface area contributed by atoms with E-state index in [9.17, 15) is 19.8 Å². The summed E-state index contributed by atoms with van der Waals surface area (Å²) in [6.07, 6.45) is -1.90. The van der Waals surface area contributed by atoms with Crippen molar-refractivity contribution in [2.24, 2.45) is 11.5 Å². The second kappa shape index (κ2) is 12.0. The second-order valence-electron chi connectivity index (χ2n) is 6.63. The van der Waals surface area contributed by atoms with Crippen molar-refractivity contribution in [1.29, 1.82) is 0 Å². The molecule has 11 nitrogen and oxygen atoms in total. The van der Waals surface area contributed by atoms with E-state index in [4.69, 9.17) is 28.8 Å². The third kappa shape index (κ3) is 10.4. The van der Waals surface area contributed by atoms with Crippen molar-refractivity contribution < 1.29 is 24.9 Å². The number of carboxylic acids is 1. The van der Waals surface area contributed by atoms with Gasteiger partial charge in [-0.2, -0.15) is 0 Å². The van der Waals surface area contributed by atoms with Gasteiger partial charge in [0.05, 0.1) is 18.2 Å². The first-order valence-electron chi connectivity index (χ1n) is 8.47. The summed E-state index contributed by atoms with van der Waals surface area (Å²) in [4.78, 5) is 22.5. The number of thiocarbonyl (C=S) groups is 1. The fourth-order valence-electron chi connectivity index (χ4n) is 2.22. The molecule has 0 saturated carbocycles. The number of nitrogens with zero attached hydrogens (tertiary/aromatic N) is 2. The van der Waals surface area contributed by atoms with Crippen LogP contribution in [-0.4, -0.2) is 99.8 Å². The molecule has 0 rings (SSSR count). The Morgan fingerprint density at radius 3 is 2.00 bits per heavy atom. The second-order valence-corrected chi connectivity index (χ2v) is 7.03. The van der Waals surface area contributed by atoms with Gasteiger partial charge < -0.3 is 37.4 Å². The van der Waals surface area contributed by atoms with Crippen LogP contribution in [0, 0.1) is 0 Å².